The highest BCUT2D eigenvalue weighted by molar-refractivity contribution is 7.80. The topological polar surface area (TPSA) is 150 Å². The standard InChI is InChI=1S/C23H21N5O3S.H2O4S/c32-23(24-12-15-5-6-18-19(11-15)30-14-29-18)28-9-7-27(8-10-28)22-21-20(25-13-26-22)16-3-1-2-4-17(16)31-21;1-5(2,3)4/h1-6,11,13H,7-10,12,14H2,(H,24,32);(H2,1,2,3,4). The molecule has 2 aliphatic rings. The smallest absolute Gasteiger partial charge is 0.394 e. The number of para-hydroxylation sites is 1. The number of nitrogens with one attached hydrogen (secondary N) is 1. The summed E-state index contributed by atoms with van der Waals surface area (Å²) in [5.41, 5.74) is 3.53. The second kappa shape index (κ2) is 10.3. The Balaban J connectivity index is 0.000000514. The number of anilines is 1. The molecule has 4 heterocycles. The number of hydrogen-bond donors (Lipinski definition) is 3. The maximum absolute atomic E-state index is 8.74. The highest BCUT2D eigenvalue weighted by atomic mass is 32.3. The molecule has 0 aliphatic carbocycles. The first-order valence-corrected chi connectivity index (χ1v) is 13.0. The van der Waals surface area contributed by atoms with Gasteiger partial charge in [-0.25, -0.2) is 9.97 Å². The summed E-state index contributed by atoms with van der Waals surface area (Å²) in [6.45, 7) is 4.13. The quantitative estimate of drug-likeness (QED) is 0.256. The molecule has 2 aromatic heterocycles. The van der Waals surface area contributed by atoms with Gasteiger partial charge in [-0.2, -0.15) is 8.42 Å². The molecular formula is C23H23N5O7S2. The van der Waals surface area contributed by atoms with Crippen LogP contribution in [-0.2, 0) is 16.9 Å². The fourth-order valence-corrected chi connectivity index (χ4v) is 4.45. The van der Waals surface area contributed by atoms with Gasteiger partial charge in [0.05, 0.1) is 0 Å². The number of benzene rings is 2. The van der Waals surface area contributed by atoms with Crippen LogP contribution in [0.25, 0.3) is 22.1 Å². The Kier molecular flexibility index (Phi) is 6.97. The van der Waals surface area contributed by atoms with Crippen LogP contribution in [0.5, 0.6) is 11.5 Å². The number of fused-ring (bicyclic) bond motifs is 4. The monoisotopic (exact) mass is 545 g/mol. The maximum atomic E-state index is 8.74. The van der Waals surface area contributed by atoms with Crippen LogP contribution in [0.3, 0.4) is 0 Å². The fourth-order valence-electron chi connectivity index (χ4n) is 4.20. The van der Waals surface area contributed by atoms with E-state index in [0.717, 1.165) is 76.2 Å². The van der Waals surface area contributed by atoms with Crippen LogP contribution in [-0.4, -0.2) is 70.5 Å². The number of thiocarbonyl (C=S) groups is 1. The Labute approximate surface area is 217 Å². The van der Waals surface area contributed by atoms with Crippen molar-refractivity contribution in [3.63, 3.8) is 0 Å². The molecule has 0 spiro atoms. The Morgan fingerprint density at radius 3 is 2.54 bits per heavy atom. The summed E-state index contributed by atoms with van der Waals surface area (Å²) in [4.78, 5) is 13.4. The van der Waals surface area contributed by atoms with Gasteiger partial charge in [0.1, 0.15) is 17.4 Å². The molecule has 0 radical (unpaired) electrons. The van der Waals surface area contributed by atoms with Gasteiger partial charge in [-0.3, -0.25) is 9.11 Å². The van der Waals surface area contributed by atoms with E-state index in [1.807, 2.05) is 42.5 Å². The summed E-state index contributed by atoms with van der Waals surface area (Å²) in [5.74, 6) is 2.41. The molecule has 0 amide bonds. The largest absolute Gasteiger partial charge is 0.454 e. The van der Waals surface area contributed by atoms with E-state index in [1.165, 1.54) is 0 Å². The van der Waals surface area contributed by atoms with Crippen LogP contribution in [0.15, 0.2) is 53.2 Å². The van der Waals surface area contributed by atoms with Crippen LogP contribution in [0, 0.1) is 0 Å². The van der Waals surface area contributed by atoms with Gasteiger partial charge in [0.2, 0.25) is 6.79 Å². The third kappa shape index (κ3) is 5.83. The second-order valence-corrected chi connectivity index (χ2v) is 9.52. The zero-order chi connectivity index (χ0) is 26.0. The number of nitrogens with zero attached hydrogens (tertiary/aromatic N) is 4. The van der Waals surface area contributed by atoms with Gasteiger partial charge < -0.3 is 29.0 Å². The van der Waals surface area contributed by atoms with Crippen molar-refractivity contribution in [3.8, 4) is 11.5 Å². The molecule has 0 atom stereocenters. The number of rotatable bonds is 3. The van der Waals surface area contributed by atoms with Crippen molar-refractivity contribution in [1.29, 1.82) is 0 Å². The van der Waals surface area contributed by atoms with Crippen molar-refractivity contribution in [1.82, 2.24) is 20.2 Å². The molecule has 2 aliphatic heterocycles. The van der Waals surface area contributed by atoms with Gasteiger partial charge in [0.15, 0.2) is 28.0 Å². The predicted molar refractivity (Wildman–Crippen MR) is 139 cm³/mol. The zero-order valence-corrected chi connectivity index (χ0v) is 21.0. The SMILES string of the molecule is O=S(=O)(O)O.S=C(NCc1ccc2c(c1)OCO2)N1CCN(c2ncnc3c2oc2ccccc23)CC1. The third-order valence-electron chi connectivity index (χ3n) is 5.89. The van der Waals surface area contributed by atoms with E-state index in [-0.39, 0.29) is 6.79 Å². The molecule has 0 bridgehead atoms. The minimum atomic E-state index is -4.67. The molecule has 0 unspecified atom stereocenters. The normalized spacial score (nSPS) is 15.0. The maximum Gasteiger partial charge on any atom is 0.394 e. The van der Waals surface area contributed by atoms with Crippen molar-refractivity contribution < 1.29 is 31.4 Å². The molecule has 1 saturated heterocycles. The fraction of sp³-hybridized carbons (Fsp3) is 0.261. The molecule has 14 heteroatoms. The van der Waals surface area contributed by atoms with E-state index in [1.54, 1.807) is 6.33 Å². The van der Waals surface area contributed by atoms with Crippen molar-refractivity contribution in [3.05, 3.63) is 54.4 Å². The Bertz CT molecular complexity index is 1540. The summed E-state index contributed by atoms with van der Waals surface area (Å²) in [7, 11) is -4.67. The van der Waals surface area contributed by atoms with Gasteiger partial charge in [-0.1, -0.05) is 18.2 Å². The van der Waals surface area contributed by atoms with E-state index in [4.69, 9.17) is 43.6 Å². The minimum Gasteiger partial charge on any atom is -0.454 e. The van der Waals surface area contributed by atoms with E-state index < -0.39 is 10.4 Å². The first kappa shape index (κ1) is 25.0. The first-order valence-electron chi connectivity index (χ1n) is 11.2. The van der Waals surface area contributed by atoms with Crippen LogP contribution in [0.1, 0.15) is 5.56 Å². The average molecular weight is 546 g/mol. The van der Waals surface area contributed by atoms with Crippen molar-refractivity contribution in [2.75, 3.05) is 37.9 Å². The molecule has 4 aromatic rings. The lowest BCUT2D eigenvalue weighted by atomic mass is 10.2. The highest BCUT2D eigenvalue weighted by Gasteiger charge is 2.24. The summed E-state index contributed by atoms with van der Waals surface area (Å²) in [5, 5.41) is 5.12. The average Bonchev–Trinajstić information content (AvgIpc) is 3.50. The summed E-state index contributed by atoms with van der Waals surface area (Å²) in [6.07, 6.45) is 1.61. The Morgan fingerprint density at radius 2 is 1.76 bits per heavy atom. The number of furan rings is 1. The molecular weight excluding hydrogens is 522 g/mol. The van der Waals surface area contributed by atoms with E-state index in [2.05, 4.69) is 25.1 Å². The number of piperazine rings is 1. The van der Waals surface area contributed by atoms with E-state index >= 15 is 0 Å². The summed E-state index contributed by atoms with van der Waals surface area (Å²) < 4.78 is 48.5. The molecule has 1 fully saturated rings. The zero-order valence-electron chi connectivity index (χ0n) is 19.4. The third-order valence-corrected chi connectivity index (χ3v) is 6.29. The van der Waals surface area contributed by atoms with Crippen molar-refractivity contribution >= 4 is 55.6 Å². The van der Waals surface area contributed by atoms with Crippen LogP contribution in [0.4, 0.5) is 5.82 Å². The van der Waals surface area contributed by atoms with Crippen molar-refractivity contribution in [2.24, 2.45) is 0 Å². The highest BCUT2D eigenvalue weighted by Crippen LogP contribution is 2.33. The molecule has 6 rings (SSSR count). The van der Waals surface area contributed by atoms with Gasteiger partial charge in [-0.05, 0) is 42.0 Å². The number of hydrogen-bond acceptors (Lipinski definition) is 9. The summed E-state index contributed by atoms with van der Waals surface area (Å²) in [6, 6.07) is 13.9. The van der Waals surface area contributed by atoms with Crippen LogP contribution in [0.2, 0.25) is 0 Å². The number of ether oxygens (including phenoxy) is 2. The van der Waals surface area contributed by atoms with Gasteiger partial charge in [-0.15, -0.1) is 0 Å². The van der Waals surface area contributed by atoms with E-state index in [9.17, 15) is 0 Å². The van der Waals surface area contributed by atoms with Gasteiger partial charge >= 0.3 is 10.4 Å². The predicted octanol–water partition coefficient (Wildman–Crippen LogP) is 2.65. The lowest BCUT2D eigenvalue weighted by Gasteiger charge is -2.36. The molecule has 194 valence electrons. The summed E-state index contributed by atoms with van der Waals surface area (Å²) >= 11 is 5.64. The van der Waals surface area contributed by atoms with Crippen LogP contribution < -0.4 is 19.7 Å². The minimum absolute atomic E-state index is 0.279. The lowest BCUT2D eigenvalue weighted by molar-refractivity contribution is 0.174. The molecule has 3 N–H and O–H groups in total. The Morgan fingerprint density at radius 1 is 1.03 bits per heavy atom. The second-order valence-electron chi connectivity index (χ2n) is 8.24. The molecule has 37 heavy (non-hydrogen) atoms. The molecule has 0 saturated carbocycles. The molecule has 2 aromatic carbocycles. The van der Waals surface area contributed by atoms with Gasteiger partial charge in [0, 0.05) is 38.1 Å². The Hall–Kier alpha value is -3.72. The number of aromatic nitrogens is 2. The molecule has 12 nitrogen and oxygen atoms in total. The lowest BCUT2D eigenvalue weighted by Crippen LogP contribution is -2.51. The van der Waals surface area contributed by atoms with E-state index in [0.29, 0.717) is 6.54 Å². The van der Waals surface area contributed by atoms with Crippen LogP contribution >= 0.6 is 12.2 Å². The van der Waals surface area contributed by atoms with Gasteiger partial charge in [0.25, 0.3) is 0 Å². The van der Waals surface area contributed by atoms with Crippen molar-refractivity contribution in [2.45, 2.75) is 6.54 Å². The first-order chi connectivity index (χ1) is 17.8.